The number of benzene rings is 3. The van der Waals surface area contributed by atoms with Crippen molar-refractivity contribution in [1.29, 1.82) is 0 Å². The molecule has 202 valence electrons. The first-order valence-corrected chi connectivity index (χ1v) is 14.1. The van der Waals surface area contributed by atoms with Crippen LogP contribution >= 0.6 is 11.6 Å². The molecular weight excluding hydrogens is 531 g/mol. The maximum Gasteiger partial charge on any atom is 0.270 e. The van der Waals surface area contributed by atoms with Crippen LogP contribution in [-0.2, 0) is 25.8 Å². The molecule has 0 heterocycles. The summed E-state index contributed by atoms with van der Waals surface area (Å²) >= 11 is 5.77. The standard InChI is InChI=1S/C28H30ClFN2O5S/c1-5-32(21-11-16-24(29)25(30)18-21)27(34)28(3,4)37-22-12-9-20(10-13-22)31-26(33)17-19-7-14-23(15-8-19)38(35,36)6-2/h7-16,18H,5-6,17H2,1-4H3,(H,31,33). The molecule has 0 saturated carbocycles. The third-order valence-electron chi connectivity index (χ3n) is 5.83. The Morgan fingerprint density at radius 2 is 1.63 bits per heavy atom. The van der Waals surface area contributed by atoms with Crippen LogP contribution in [0.25, 0.3) is 0 Å². The molecule has 38 heavy (non-hydrogen) atoms. The minimum absolute atomic E-state index is 0.0110. The zero-order valence-electron chi connectivity index (χ0n) is 21.6. The number of nitrogens with one attached hydrogen (secondary N) is 1. The lowest BCUT2D eigenvalue weighted by atomic mass is 10.1. The number of carbonyl (C=O) groups excluding carboxylic acids is 2. The minimum atomic E-state index is -3.29. The van der Waals surface area contributed by atoms with Crippen molar-refractivity contribution >= 4 is 44.6 Å². The third kappa shape index (κ3) is 7.11. The van der Waals surface area contributed by atoms with Crippen LogP contribution < -0.4 is 15.0 Å². The molecule has 0 fully saturated rings. The molecule has 0 aliphatic rings. The van der Waals surface area contributed by atoms with E-state index in [0.717, 1.165) is 0 Å². The summed E-state index contributed by atoms with van der Waals surface area (Å²) in [4.78, 5) is 27.3. The van der Waals surface area contributed by atoms with Gasteiger partial charge >= 0.3 is 0 Å². The molecule has 0 unspecified atom stereocenters. The monoisotopic (exact) mass is 560 g/mol. The number of amides is 2. The smallest absolute Gasteiger partial charge is 0.270 e. The lowest BCUT2D eigenvalue weighted by Crippen LogP contribution is -2.49. The molecule has 7 nitrogen and oxygen atoms in total. The third-order valence-corrected chi connectivity index (χ3v) is 7.89. The van der Waals surface area contributed by atoms with Crippen LogP contribution in [0, 0.1) is 5.82 Å². The van der Waals surface area contributed by atoms with Gasteiger partial charge in [0.05, 0.1) is 22.1 Å². The highest BCUT2D eigenvalue weighted by Gasteiger charge is 2.34. The molecule has 3 aromatic rings. The quantitative estimate of drug-likeness (QED) is 0.345. The molecule has 3 aromatic carbocycles. The van der Waals surface area contributed by atoms with Gasteiger partial charge in [0.1, 0.15) is 11.6 Å². The number of anilines is 2. The molecule has 10 heteroatoms. The molecular formula is C28H30ClFN2O5S. The molecule has 0 atom stereocenters. The fourth-order valence-corrected chi connectivity index (χ4v) is 4.74. The second kappa shape index (κ2) is 12.0. The Kier molecular flexibility index (Phi) is 9.17. The first-order valence-electron chi connectivity index (χ1n) is 12.0. The molecule has 2 amide bonds. The first kappa shape index (κ1) is 29.1. The Morgan fingerprint density at radius 3 is 2.18 bits per heavy atom. The minimum Gasteiger partial charge on any atom is -0.478 e. The molecule has 0 saturated heterocycles. The Balaban J connectivity index is 1.62. The molecule has 0 bridgehead atoms. The number of rotatable bonds is 10. The van der Waals surface area contributed by atoms with E-state index in [1.54, 1.807) is 70.2 Å². The second-order valence-corrected chi connectivity index (χ2v) is 11.7. The average molecular weight is 561 g/mol. The SMILES string of the molecule is CCN(C(=O)C(C)(C)Oc1ccc(NC(=O)Cc2ccc(S(=O)(=O)CC)cc2)cc1)c1ccc(Cl)c(F)c1. The normalized spacial score (nSPS) is 11.6. The summed E-state index contributed by atoms with van der Waals surface area (Å²) in [6.45, 7) is 6.90. The van der Waals surface area contributed by atoms with Crippen molar-refractivity contribution in [2.24, 2.45) is 0 Å². The van der Waals surface area contributed by atoms with E-state index in [1.165, 1.54) is 29.2 Å². The van der Waals surface area contributed by atoms with E-state index in [-0.39, 0.29) is 33.9 Å². The van der Waals surface area contributed by atoms with Crippen LogP contribution in [0.4, 0.5) is 15.8 Å². The predicted octanol–water partition coefficient (Wildman–Crippen LogP) is 5.66. The number of likely N-dealkylation sites (N-methyl/N-ethyl adjacent to an activating group) is 1. The summed E-state index contributed by atoms with van der Waals surface area (Å²) in [7, 11) is -3.29. The lowest BCUT2D eigenvalue weighted by molar-refractivity contribution is -0.131. The van der Waals surface area contributed by atoms with Crippen molar-refractivity contribution in [1.82, 2.24) is 0 Å². The number of hydrogen-bond acceptors (Lipinski definition) is 5. The maximum absolute atomic E-state index is 14.0. The number of carbonyl (C=O) groups is 2. The van der Waals surface area contributed by atoms with Gasteiger partial charge in [0.2, 0.25) is 5.91 Å². The zero-order chi connectivity index (χ0) is 28.1. The van der Waals surface area contributed by atoms with Gasteiger partial charge in [0.25, 0.3) is 5.91 Å². The van der Waals surface area contributed by atoms with Gasteiger partial charge in [-0.2, -0.15) is 0 Å². The van der Waals surface area contributed by atoms with Crippen molar-refractivity contribution in [2.45, 2.75) is 44.6 Å². The zero-order valence-corrected chi connectivity index (χ0v) is 23.2. The molecule has 0 radical (unpaired) electrons. The number of sulfone groups is 1. The summed E-state index contributed by atoms with van der Waals surface area (Å²) in [5.41, 5.74) is 0.312. The van der Waals surface area contributed by atoms with Gasteiger partial charge in [0.15, 0.2) is 15.4 Å². The number of halogens is 2. The van der Waals surface area contributed by atoms with Crippen LogP contribution in [0.1, 0.15) is 33.3 Å². The van der Waals surface area contributed by atoms with Gasteiger partial charge in [-0.3, -0.25) is 9.59 Å². The van der Waals surface area contributed by atoms with Gasteiger partial charge in [-0.25, -0.2) is 12.8 Å². The highest BCUT2D eigenvalue weighted by Crippen LogP contribution is 2.27. The van der Waals surface area contributed by atoms with Gasteiger partial charge < -0.3 is 15.0 Å². The van der Waals surface area contributed by atoms with Crippen molar-refractivity contribution < 1.29 is 27.1 Å². The van der Waals surface area contributed by atoms with E-state index < -0.39 is 21.3 Å². The topological polar surface area (TPSA) is 92.8 Å². The first-order chi connectivity index (χ1) is 17.9. The Hall–Kier alpha value is -3.43. The average Bonchev–Trinajstić information content (AvgIpc) is 2.87. The Morgan fingerprint density at radius 1 is 1.00 bits per heavy atom. The van der Waals surface area contributed by atoms with Crippen molar-refractivity contribution in [2.75, 3.05) is 22.5 Å². The fourth-order valence-electron chi connectivity index (χ4n) is 3.74. The highest BCUT2D eigenvalue weighted by atomic mass is 35.5. The highest BCUT2D eigenvalue weighted by molar-refractivity contribution is 7.91. The molecule has 0 aromatic heterocycles. The van der Waals surface area contributed by atoms with Crippen molar-refractivity contribution in [3.63, 3.8) is 0 Å². The van der Waals surface area contributed by atoms with E-state index in [0.29, 0.717) is 29.2 Å². The van der Waals surface area contributed by atoms with Gasteiger partial charge in [-0.1, -0.05) is 30.7 Å². The predicted molar refractivity (Wildman–Crippen MR) is 147 cm³/mol. The van der Waals surface area contributed by atoms with Gasteiger partial charge in [-0.15, -0.1) is 0 Å². The van der Waals surface area contributed by atoms with E-state index >= 15 is 0 Å². The molecule has 0 spiro atoms. The fraction of sp³-hybridized carbons (Fsp3) is 0.286. The van der Waals surface area contributed by atoms with E-state index in [9.17, 15) is 22.4 Å². The van der Waals surface area contributed by atoms with E-state index in [4.69, 9.17) is 16.3 Å². The summed E-state index contributed by atoms with van der Waals surface area (Å²) in [5, 5.41) is 2.76. The van der Waals surface area contributed by atoms with Gasteiger partial charge in [-0.05, 0) is 80.9 Å². The summed E-state index contributed by atoms with van der Waals surface area (Å²) in [6.07, 6.45) is 0.0738. The summed E-state index contributed by atoms with van der Waals surface area (Å²) < 4.78 is 43.8. The van der Waals surface area contributed by atoms with E-state index in [1.807, 2.05) is 0 Å². The summed E-state index contributed by atoms with van der Waals surface area (Å²) in [6, 6.07) is 17.0. The van der Waals surface area contributed by atoms with Crippen molar-refractivity contribution in [3.05, 3.63) is 83.1 Å². The van der Waals surface area contributed by atoms with Crippen LogP contribution in [0.5, 0.6) is 5.75 Å². The van der Waals surface area contributed by atoms with Crippen LogP contribution in [0.2, 0.25) is 5.02 Å². The number of ether oxygens (including phenoxy) is 1. The second-order valence-electron chi connectivity index (χ2n) is 9.06. The Bertz CT molecular complexity index is 1410. The number of nitrogens with zero attached hydrogens (tertiary/aromatic N) is 1. The van der Waals surface area contributed by atoms with Crippen LogP contribution in [0.3, 0.4) is 0 Å². The summed E-state index contributed by atoms with van der Waals surface area (Å²) in [5.74, 6) is -0.830. The maximum atomic E-state index is 14.0. The number of hydrogen-bond donors (Lipinski definition) is 1. The largest absolute Gasteiger partial charge is 0.478 e. The molecule has 1 N–H and O–H groups in total. The molecule has 0 aliphatic heterocycles. The van der Waals surface area contributed by atoms with Gasteiger partial charge in [0, 0.05) is 17.9 Å². The lowest BCUT2D eigenvalue weighted by Gasteiger charge is -2.32. The van der Waals surface area contributed by atoms with Crippen LogP contribution in [-0.4, -0.2) is 38.1 Å². The van der Waals surface area contributed by atoms with E-state index in [2.05, 4.69) is 5.32 Å². The molecule has 0 aliphatic carbocycles. The van der Waals surface area contributed by atoms with Crippen LogP contribution in [0.15, 0.2) is 71.6 Å². The van der Waals surface area contributed by atoms with Crippen molar-refractivity contribution in [3.8, 4) is 5.75 Å². The Labute approximate surface area is 227 Å². The molecule has 3 rings (SSSR count).